The van der Waals surface area contributed by atoms with Crippen LogP contribution in [0.4, 0.5) is 14.9 Å². The molecule has 5 nitrogen and oxygen atoms in total. The first-order chi connectivity index (χ1) is 13.2. The molecule has 1 heterocycles. The summed E-state index contributed by atoms with van der Waals surface area (Å²) in [6.45, 7) is 7.85. The molecule has 148 valence electrons. The van der Waals surface area contributed by atoms with Gasteiger partial charge in [0.1, 0.15) is 5.82 Å². The number of rotatable bonds is 4. The third kappa shape index (κ3) is 5.09. The molecule has 0 spiro atoms. The van der Waals surface area contributed by atoms with E-state index in [1.807, 2.05) is 0 Å². The van der Waals surface area contributed by atoms with Gasteiger partial charge in [-0.2, -0.15) is 0 Å². The largest absolute Gasteiger partial charge is 0.352 e. The Bertz CT molecular complexity index is 872. The van der Waals surface area contributed by atoms with Gasteiger partial charge >= 0.3 is 6.03 Å². The van der Waals surface area contributed by atoms with Crippen LogP contribution in [0.2, 0.25) is 0 Å². The van der Waals surface area contributed by atoms with E-state index in [-0.39, 0.29) is 23.2 Å². The number of carbonyl (C=O) groups excluding carboxylic acids is 2. The molecular weight excluding hydrogens is 357 g/mol. The van der Waals surface area contributed by atoms with Gasteiger partial charge in [-0.3, -0.25) is 4.79 Å². The number of urea groups is 1. The summed E-state index contributed by atoms with van der Waals surface area (Å²) in [5, 5.41) is 5.73. The number of nitrogens with zero attached hydrogens (tertiary/aromatic N) is 1. The molecule has 2 aromatic carbocycles. The summed E-state index contributed by atoms with van der Waals surface area (Å²) in [5.41, 5.74) is 3.12. The van der Waals surface area contributed by atoms with Gasteiger partial charge in [-0.1, -0.05) is 26.8 Å². The summed E-state index contributed by atoms with van der Waals surface area (Å²) in [7, 11) is 0. The van der Waals surface area contributed by atoms with Crippen molar-refractivity contribution in [3.05, 3.63) is 65.0 Å². The van der Waals surface area contributed by atoms with Crippen LogP contribution >= 0.6 is 0 Å². The number of halogens is 1. The SMILES string of the molecule is CC(C)(C)CCNC(=O)c1ccc(NC(=O)N2Cc3ccc(F)cc3C2)cc1. The van der Waals surface area contributed by atoms with Crippen LogP contribution in [0.3, 0.4) is 0 Å². The second kappa shape index (κ2) is 8.00. The summed E-state index contributed by atoms with van der Waals surface area (Å²) in [6.07, 6.45) is 0.898. The van der Waals surface area contributed by atoms with Crippen molar-refractivity contribution < 1.29 is 14.0 Å². The van der Waals surface area contributed by atoms with Crippen molar-refractivity contribution >= 4 is 17.6 Å². The lowest BCUT2D eigenvalue weighted by Gasteiger charge is -2.18. The Balaban J connectivity index is 1.53. The second-order valence-corrected chi connectivity index (χ2v) is 8.34. The molecule has 1 aliphatic heterocycles. The fourth-order valence-corrected chi connectivity index (χ4v) is 3.07. The number of hydrogen-bond donors (Lipinski definition) is 2. The minimum Gasteiger partial charge on any atom is -0.352 e. The molecule has 0 aliphatic carbocycles. The van der Waals surface area contributed by atoms with Crippen molar-refractivity contribution in [2.24, 2.45) is 5.41 Å². The molecule has 0 fully saturated rings. The average Bonchev–Trinajstić information content (AvgIpc) is 3.04. The molecular formula is C22H26FN3O2. The number of anilines is 1. The van der Waals surface area contributed by atoms with Crippen molar-refractivity contribution in [1.82, 2.24) is 10.2 Å². The summed E-state index contributed by atoms with van der Waals surface area (Å²) < 4.78 is 13.3. The molecule has 0 aromatic heterocycles. The fourth-order valence-electron chi connectivity index (χ4n) is 3.07. The number of fused-ring (bicyclic) bond motifs is 1. The number of carbonyl (C=O) groups is 2. The van der Waals surface area contributed by atoms with Crippen LogP contribution in [-0.4, -0.2) is 23.4 Å². The van der Waals surface area contributed by atoms with Crippen molar-refractivity contribution in [3.63, 3.8) is 0 Å². The van der Waals surface area contributed by atoms with Gasteiger partial charge in [0.05, 0.1) is 0 Å². The van der Waals surface area contributed by atoms with E-state index in [9.17, 15) is 14.0 Å². The van der Waals surface area contributed by atoms with Crippen LogP contribution in [-0.2, 0) is 13.1 Å². The first-order valence-corrected chi connectivity index (χ1v) is 9.43. The Morgan fingerprint density at radius 3 is 2.39 bits per heavy atom. The lowest BCUT2D eigenvalue weighted by atomic mass is 9.92. The van der Waals surface area contributed by atoms with Crippen molar-refractivity contribution in [1.29, 1.82) is 0 Å². The van der Waals surface area contributed by atoms with E-state index < -0.39 is 0 Å². The highest BCUT2D eigenvalue weighted by Gasteiger charge is 2.23. The van der Waals surface area contributed by atoms with E-state index in [1.54, 1.807) is 35.2 Å². The molecule has 0 bridgehead atoms. The van der Waals surface area contributed by atoms with Crippen molar-refractivity contribution in [3.8, 4) is 0 Å². The normalized spacial score (nSPS) is 13.2. The van der Waals surface area contributed by atoms with E-state index >= 15 is 0 Å². The van der Waals surface area contributed by atoms with Crippen molar-refractivity contribution in [2.45, 2.75) is 40.3 Å². The van der Waals surface area contributed by atoms with E-state index in [0.29, 0.717) is 30.9 Å². The molecule has 0 atom stereocenters. The lowest BCUT2D eigenvalue weighted by Crippen LogP contribution is -2.30. The van der Waals surface area contributed by atoms with Gasteiger partial charge in [0.2, 0.25) is 0 Å². The molecule has 0 unspecified atom stereocenters. The van der Waals surface area contributed by atoms with E-state index in [0.717, 1.165) is 17.5 Å². The van der Waals surface area contributed by atoms with Gasteiger partial charge < -0.3 is 15.5 Å². The smallest absolute Gasteiger partial charge is 0.322 e. The Morgan fingerprint density at radius 1 is 1.04 bits per heavy atom. The zero-order chi connectivity index (χ0) is 20.3. The summed E-state index contributed by atoms with van der Waals surface area (Å²) in [6, 6.07) is 11.1. The highest BCUT2D eigenvalue weighted by Crippen LogP contribution is 2.24. The van der Waals surface area contributed by atoms with Crippen LogP contribution in [0.1, 0.15) is 48.7 Å². The minimum absolute atomic E-state index is 0.126. The summed E-state index contributed by atoms with van der Waals surface area (Å²) in [4.78, 5) is 26.3. The fraction of sp³-hybridized carbons (Fsp3) is 0.364. The molecule has 28 heavy (non-hydrogen) atoms. The topological polar surface area (TPSA) is 61.4 Å². The average molecular weight is 383 g/mol. The first-order valence-electron chi connectivity index (χ1n) is 9.43. The minimum atomic E-state index is -0.294. The van der Waals surface area contributed by atoms with E-state index in [1.165, 1.54) is 12.1 Å². The molecule has 0 saturated carbocycles. The zero-order valence-corrected chi connectivity index (χ0v) is 16.5. The second-order valence-electron chi connectivity index (χ2n) is 8.34. The van der Waals surface area contributed by atoms with Gasteiger partial charge in [0.15, 0.2) is 0 Å². The molecule has 2 aromatic rings. The molecule has 0 radical (unpaired) electrons. The summed E-state index contributed by atoms with van der Waals surface area (Å²) in [5.74, 6) is -0.420. The molecule has 0 saturated heterocycles. The monoisotopic (exact) mass is 383 g/mol. The third-order valence-corrected chi connectivity index (χ3v) is 4.74. The predicted octanol–water partition coefficient (Wildman–Crippen LogP) is 4.54. The molecule has 3 rings (SSSR count). The maximum absolute atomic E-state index is 13.3. The highest BCUT2D eigenvalue weighted by atomic mass is 19.1. The predicted molar refractivity (Wildman–Crippen MR) is 108 cm³/mol. The first kappa shape index (κ1) is 19.9. The van der Waals surface area contributed by atoms with Gasteiger partial charge in [-0.05, 0) is 59.4 Å². The number of hydrogen-bond acceptors (Lipinski definition) is 2. The molecule has 3 amide bonds. The highest BCUT2D eigenvalue weighted by molar-refractivity contribution is 5.95. The third-order valence-electron chi connectivity index (χ3n) is 4.74. The van der Waals surface area contributed by atoms with Gasteiger partial charge in [0.25, 0.3) is 5.91 Å². The maximum Gasteiger partial charge on any atom is 0.322 e. The van der Waals surface area contributed by atoms with E-state index in [2.05, 4.69) is 31.4 Å². The lowest BCUT2D eigenvalue weighted by molar-refractivity contribution is 0.0949. The number of amides is 3. The quantitative estimate of drug-likeness (QED) is 0.814. The van der Waals surface area contributed by atoms with Crippen LogP contribution in [0.5, 0.6) is 0 Å². The maximum atomic E-state index is 13.3. The van der Waals surface area contributed by atoms with Crippen LogP contribution in [0, 0.1) is 11.2 Å². The Morgan fingerprint density at radius 2 is 1.71 bits per heavy atom. The number of benzene rings is 2. The Hall–Kier alpha value is -2.89. The number of nitrogens with one attached hydrogen (secondary N) is 2. The molecule has 1 aliphatic rings. The Labute approximate surface area is 164 Å². The summed E-state index contributed by atoms with van der Waals surface area (Å²) >= 11 is 0. The zero-order valence-electron chi connectivity index (χ0n) is 16.5. The van der Waals surface area contributed by atoms with Gasteiger partial charge in [-0.25, -0.2) is 9.18 Å². The Kier molecular flexibility index (Phi) is 5.68. The van der Waals surface area contributed by atoms with E-state index in [4.69, 9.17) is 0 Å². The standard InChI is InChI=1S/C22H26FN3O2/c1-22(2,3)10-11-24-20(27)15-5-8-19(9-6-15)25-21(28)26-13-16-4-7-18(23)12-17(16)14-26/h4-9,12H,10-11,13-14H2,1-3H3,(H,24,27)(H,25,28). The van der Waals surface area contributed by atoms with Gasteiger partial charge in [-0.15, -0.1) is 0 Å². The van der Waals surface area contributed by atoms with Crippen LogP contribution in [0.25, 0.3) is 0 Å². The van der Waals surface area contributed by atoms with Gasteiger partial charge in [0, 0.05) is 30.9 Å². The van der Waals surface area contributed by atoms with Crippen molar-refractivity contribution in [2.75, 3.05) is 11.9 Å². The molecule has 2 N–H and O–H groups in total. The van der Waals surface area contributed by atoms with Crippen LogP contribution in [0.15, 0.2) is 42.5 Å². The van der Waals surface area contributed by atoms with Crippen LogP contribution < -0.4 is 10.6 Å². The molecule has 6 heteroatoms.